The van der Waals surface area contributed by atoms with Crippen LogP contribution in [0.1, 0.15) is 12.8 Å². The maximum Gasteiger partial charge on any atom is 0.219 e. The first-order valence-corrected chi connectivity index (χ1v) is 5.27. The van der Waals surface area contributed by atoms with Gasteiger partial charge in [0, 0.05) is 12.4 Å². The number of alkyl halides is 1. The van der Waals surface area contributed by atoms with Gasteiger partial charge in [-0.3, -0.25) is 4.98 Å². The van der Waals surface area contributed by atoms with E-state index in [0.717, 1.165) is 12.8 Å². The lowest BCUT2D eigenvalue weighted by Gasteiger charge is -2.27. The molecule has 82 valence electrons. The number of nitrogens with zero attached hydrogens (tertiary/aromatic N) is 1. The normalized spacial score (nSPS) is 26.3. The van der Waals surface area contributed by atoms with Crippen LogP contribution in [0.3, 0.4) is 0 Å². The van der Waals surface area contributed by atoms with Gasteiger partial charge >= 0.3 is 0 Å². The third-order valence-corrected chi connectivity index (χ3v) is 2.67. The molecule has 0 aromatic carbocycles. The van der Waals surface area contributed by atoms with Crippen LogP contribution >= 0.6 is 11.6 Å². The van der Waals surface area contributed by atoms with Gasteiger partial charge in [0.15, 0.2) is 0 Å². The molecule has 0 radical (unpaired) electrons. The Hall–Kier alpha value is -0.870. The molecule has 1 aromatic rings. The lowest BCUT2D eigenvalue weighted by molar-refractivity contribution is -0.0757. The van der Waals surface area contributed by atoms with E-state index in [4.69, 9.17) is 16.3 Å². The van der Waals surface area contributed by atoms with E-state index in [2.05, 4.69) is 10.3 Å². The fourth-order valence-electron chi connectivity index (χ4n) is 1.58. The summed E-state index contributed by atoms with van der Waals surface area (Å²) >= 11 is 5.90. The van der Waals surface area contributed by atoms with Crippen LogP contribution in [0.25, 0.3) is 0 Å². The van der Waals surface area contributed by atoms with E-state index in [1.165, 1.54) is 6.20 Å². The molecule has 1 saturated heterocycles. The highest BCUT2D eigenvalue weighted by molar-refractivity contribution is 6.33. The molecule has 2 heterocycles. The quantitative estimate of drug-likeness (QED) is 0.848. The Morgan fingerprint density at radius 1 is 1.60 bits per heavy atom. The van der Waals surface area contributed by atoms with Gasteiger partial charge in [-0.15, -0.1) is 0 Å². The van der Waals surface area contributed by atoms with Crippen LogP contribution in [0.5, 0.6) is 0 Å². The number of nitrogens with one attached hydrogen (secondary N) is 1. The van der Waals surface area contributed by atoms with Crippen molar-refractivity contribution in [2.75, 3.05) is 11.9 Å². The molecule has 0 amide bonds. The molecule has 15 heavy (non-hydrogen) atoms. The second kappa shape index (κ2) is 4.77. The van der Waals surface area contributed by atoms with Gasteiger partial charge in [0.2, 0.25) is 6.36 Å². The van der Waals surface area contributed by atoms with Gasteiger partial charge < -0.3 is 10.1 Å². The van der Waals surface area contributed by atoms with Gasteiger partial charge in [-0.25, -0.2) is 4.39 Å². The van der Waals surface area contributed by atoms with Gasteiger partial charge in [0.25, 0.3) is 0 Å². The molecule has 0 saturated carbocycles. The average molecular weight is 231 g/mol. The molecular formula is C10H12ClFN2O. The van der Waals surface area contributed by atoms with Gasteiger partial charge in [-0.2, -0.15) is 0 Å². The van der Waals surface area contributed by atoms with Gasteiger partial charge in [-0.1, -0.05) is 11.6 Å². The highest BCUT2D eigenvalue weighted by Gasteiger charge is 2.25. The summed E-state index contributed by atoms with van der Waals surface area (Å²) in [7, 11) is 0. The van der Waals surface area contributed by atoms with Crippen molar-refractivity contribution >= 4 is 17.3 Å². The van der Waals surface area contributed by atoms with Crippen molar-refractivity contribution in [1.82, 2.24) is 4.98 Å². The first kappa shape index (κ1) is 10.6. The summed E-state index contributed by atoms with van der Waals surface area (Å²) < 4.78 is 18.2. The predicted octanol–water partition coefficient (Wildman–Crippen LogP) is 2.62. The maximum atomic E-state index is 13.3. The molecule has 2 unspecified atom stereocenters. The minimum absolute atomic E-state index is 0.321. The van der Waals surface area contributed by atoms with Crippen molar-refractivity contribution in [3.8, 4) is 0 Å². The van der Waals surface area contributed by atoms with Crippen molar-refractivity contribution in [2.24, 2.45) is 0 Å². The Bertz CT molecular complexity index is 337. The van der Waals surface area contributed by atoms with E-state index in [-0.39, 0.29) is 6.04 Å². The minimum Gasteiger partial charge on any atom is -0.376 e. The van der Waals surface area contributed by atoms with Crippen LogP contribution in [0.4, 0.5) is 10.1 Å². The van der Waals surface area contributed by atoms with E-state index < -0.39 is 6.36 Å². The van der Waals surface area contributed by atoms with Crippen LogP contribution in [0, 0.1) is 0 Å². The highest BCUT2D eigenvalue weighted by Crippen LogP contribution is 2.24. The molecule has 0 aliphatic carbocycles. The van der Waals surface area contributed by atoms with Crippen LogP contribution in [-0.2, 0) is 4.74 Å². The van der Waals surface area contributed by atoms with Gasteiger partial charge in [0.05, 0.1) is 23.4 Å². The zero-order valence-electron chi connectivity index (χ0n) is 8.12. The molecule has 1 aromatic heterocycles. The summed E-state index contributed by atoms with van der Waals surface area (Å²) in [5.41, 5.74) is 0.699. The predicted molar refractivity (Wildman–Crippen MR) is 56.7 cm³/mol. The van der Waals surface area contributed by atoms with E-state index in [0.29, 0.717) is 17.3 Å². The Labute approximate surface area is 92.6 Å². The number of halogens is 2. The summed E-state index contributed by atoms with van der Waals surface area (Å²) in [5.74, 6) is 0. The Balaban J connectivity index is 2.04. The van der Waals surface area contributed by atoms with E-state index >= 15 is 0 Å². The lowest BCUT2D eigenvalue weighted by Crippen LogP contribution is -2.36. The fourth-order valence-corrected chi connectivity index (χ4v) is 1.75. The molecule has 1 aliphatic heterocycles. The number of anilines is 1. The van der Waals surface area contributed by atoms with Crippen LogP contribution in [0.15, 0.2) is 18.5 Å². The zero-order valence-corrected chi connectivity index (χ0v) is 8.88. The molecule has 3 nitrogen and oxygen atoms in total. The maximum absolute atomic E-state index is 13.3. The average Bonchev–Trinajstić information content (AvgIpc) is 2.24. The molecule has 5 heteroatoms. The van der Waals surface area contributed by atoms with Crippen LogP contribution in [-0.4, -0.2) is 24.0 Å². The van der Waals surface area contributed by atoms with Crippen molar-refractivity contribution in [2.45, 2.75) is 25.2 Å². The summed E-state index contributed by atoms with van der Waals surface area (Å²) in [5, 5.41) is 3.52. The molecule has 0 spiro atoms. The topological polar surface area (TPSA) is 34.1 Å². The molecule has 1 N–H and O–H groups in total. The molecule has 2 rings (SSSR count). The number of hydrogen-bond donors (Lipinski definition) is 1. The Kier molecular flexibility index (Phi) is 3.38. The first-order valence-electron chi connectivity index (χ1n) is 4.89. The third-order valence-electron chi connectivity index (χ3n) is 2.37. The second-order valence-electron chi connectivity index (χ2n) is 3.47. The Morgan fingerprint density at radius 2 is 2.47 bits per heavy atom. The SMILES string of the molecule is FC1OCCCC1Nc1ccncc1Cl. The minimum atomic E-state index is -1.26. The smallest absolute Gasteiger partial charge is 0.219 e. The number of ether oxygens (including phenoxy) is 1. The van der Waals surface area contributed by atoms with Crippen molar-refractivity contribution in [3.63, 3.8) is 0 Å². The third kappa shape index (κ3) is 2.58. The van der Waals surface area contributed by atoms with Crippen LogP contribution in [0.2, 0.25) is 5.02 Å². The van der Waals surface area contributed by atoms with Crippen molar-refractivity contribution in [1.29, 1.82) is 0 Å². The molecule has 2 atom stereocenters. The summed E-state index contributed by atoms with van der Waals surface area (Å²) in [6.07, 6.45) is 3.50. The number of pyridine rings is 1. The van der Waals surface area contributed by atoms with E-state index in [1.807, 2.05) is 0 Å². The number of aromatic nitrogens is 1. The van der Waals surface area contributed by atoms with Crippen molar-refractivity contribution < 1.29 is 9.13 Å². The van der Waals surface area contributed by atoms with Gasteiger partial charge in [0.1, 0.15) is 0 Å². The molecule has 1 fully saturated rings. The largest absolute Gasteiger partial charge is 0.376 e. The lowest BCUT2D eigenvalue weighted by atomic mass is 10.1. The Morgan fingerprint density at radius 3 is 3.20 bits per heavy atom. The molecule has 1 aliphatic rings. The summed E-state index contributed by atoms with van der Waals surface area (Å²) in [4.78, 5) is 3.86. The second-order valence-corrected chi connectivity index (χ2v) is 3.88. The fraction of sp³-hybridized carbons (Fsp3) is 0.500. The van der Waals surface area contributed by atoms with Gasteiger partial charge in [-0.05, 0) is 18.9 Å². The first-order chi connectivity index (χ1) is 7.27. The summed E-state index contributed by atoms with van der Waals surface area (Å²) in [6.45, 7) is 0.490. The number of rotatable bonds is 2. The molecular weight excluding hydrogens is 219 g/mol. The zero-order chi connectivity index (χ0) is 10.7. The highest BCUT2D eigenvalue weighted by atomic mass is 35.5. The van der Waals surface area contributed by atoms with Crippen molar-refractivity contribution in [3.05, 3.63) is 23.5 Å². The van der Waals surface area contributed by atoms with Crippen LogP contribution < -0.4 is 5.32 Å². The van der Waals surface area contributed by atoms with E-state index in [1.54, 1.807) is 12.3 Å². The monoisotopic (exact) mass is 230 g/mol. The standard InChI is InChI=1S/C10H12ClFN2O/c11-7-6-13-4-3-8(7)14-9-2-1-5-15-10(9)12/h3-4,6,9-10H,1-2,5H2,(H,13,14). The number of hydrogen-bond acceptors (Lipinski definition) is 3. The molecule has 0 bridgehead atoms. The summed E-state index contributed by atoms with van der Waals surface area (Å²) in [6, 6.07) is 1.41. The van der Waals surface area contributed by atoms with E-state index in [9.17, 15) is 4.39 Å².